The molecule has 0 fully saturated rings. The zero-order chi connectivity index (χ0) is 18.0. The van der Waals surface area contributed by atoms with Crippen molar-refractivity contribution in [2.75, 3.05) is 26.8 Å². The van der Waals surface area contributed by atoms with Crippen LogP contribution in [-0.4, -0.2) is 43.4 Å². The molecule has 0 spiro atoms. The van der Waals surface area contributed by atoms with Crippen LogP contribution in [0.25, 0.3) is 11.1 Å². The quantitative estimate of drug-likeness (QED) is 0.690. The lowest BCUT2D eigenvalue weighted by Crippen LogP contribution is -2.36. The Morgan fingerprint density at radius 3 is 2.40 bits per heavy atom. The first-order chi connectivity index (χ1) is 12.0. The Hall–Kier alpha value is -2.46. The molecule has 0 saturated heterocycles. The first kappa shape index (κ1) is 17.4. The largest absolute Gasteiger partial charge is 0.383 e. The number of benzene rings is 2. The van der Waals surface area contributed by atoms with Gasteiger partial charge in [-0.3, -0.25) is 9.59 Å². The average Bonchev–Trinajstić information content (AvgIpc) is 2.90. The molecule has 3 rings (SSSR count). The van der Waals surface area contributed by atoms with Gasteiger partial charge in [0.1, 0.15) is 0 Å². The summed E-state index contributed by atoms with van der Waals surface area (Å²) >= 11 is 0. The van der Waals surface area contributed by atoms with Crippen molar-refractivity contribution in [1.29, 1.82) is 0 Å². The van der Waals surface area contributed by atoms with Crippen molar-refractivity contribution in [3.05, 3.63) is 59.2 Å². The summed E-state index contributed by atoms with van der Waals surface area (Å²) in [6, 6.07) is 13.0. The minimum Gasteiger partial charge on any atom is -0.383 e. The van der Waals surface area contributed by atoms with Crippen molar-refractivity contribution in [3.8, 4) is 11.1 Å². The summed E-state index contributed by atoms with van der Waals surface area (Å²) in [4.78, 5) is 27.4. The van der Waals surface area contributed by atoms with Crippen LogP contribution in [-0.2, 0) is 4.74 Å². The van der Waals surface area contributed by atoms with E-state index in [-0.39, 0.29) is 11.7 Å². The topological polar surface area (TPSA) is 46.6 Å². The van der Waals surface area contributed by atoms with Gasteiger partial charge in [-0.1, -0.05) is 44.2 Å². The van der Waals surface area contributed by atoms with Gasteiger partial charge in [-0.05, 0) is 29.2 Å². The molecule has 2 aromatic carbocycles. The number of nitrogens with zero attached hydrogens (tertiary/aromatic N) is 1. The van der Waals surface area contributed by atoms with Crippen molar-refractivity contribution in [1.82, 2.24) is 4.90 Å². The van der Waals surface area contributed by atoms with E-state index in [9.17, 15) is 9.59 Å². The lowest BCUT2D eigenvalue weighted by Gasteiger charge is -2.24. The van der Waals surface area contributed by atoms with E-state index in [1.54, 1.807) is 18.1 Å². The highest BCUT2D eigenvalue weighted by Crippen LogP contribution is 2.36. The maximum absolute atomic E-state index is 12.9. The molecule has 25 heavy (non-hydrogen) atoms. The van der Waals surface area contributed by atoms with Crippen LogP contribution in [0.2, 0.25) is 0 Å². The normalized spacial score (nSPS) is 12.2. The van der Waals surface area contributed by atoms with E-state index in [4.69, 9.17) is 4.74 Å². The monoisotopic (exact) mass is 337 g/mol. The second-order valence-corrected chi connectivity index (χ2v) is 6.77. The highest BCUT2D eigenvalue weighted by atomic mass is 16.5. The van der Waals surface area contributed by atoms with Gasteiger partial charge in [0.2, 0.25) is 0 Å². The fourth-order valence-electron chi connectivity index (χ4n) is 3.26. The van der Waals surface area contributed by atoms with Crippen molar-refractivity contribution >= 4 is 11.7 Å². The Balaban J connectivity index is 1.91. The summed E-state index contributed by atoms with van der Waals surface area (Å²) in [5.41, 5.74) is 3.73. The molecule has 130 valence electrons. The highest BCUT2D eigenvalue weighted by molar-refractivity contribution is 6.22. The van der Waals surface area contributed by atoms with Crippen molar-refractivity contribution < 1.29 is 14.3 Å². The number of fused-ring (bicyclic) bond motifs is 3. The van der Waals surface area contributed by atoms with Gasteiger partial charge in [0, 0.05) is 36.9 Å². The summed E-state index contributed by atoms with van der Waals surface area (Å²) in [5.74, 6) is 0.297. The number of hydrogen-bond donors (Lipinski definition) is 0. The van der Waals surface area contributed by atoms with Crippen LogP contribution in [0.3, 0.4) is 0 Å². The zero-order valence-corrected chi connectivity index (χ0v) is 14.9. The number of hydrogen-bond acceptors (Lipinski definition) is 3. The molecule has 0 aliphatic heterocycles. The van der Waals surface area contributed by atoms with Crippen LogP contribution in [0.1, 0.15) is 40.1 Å². The van der Waals surface area contributed by atoms with Gasteiger partial charge in [-0.25, -0.2) is 0 Å². The number of ketones is 1. The molecule has 1 aliphatic carbocycles. The van der Waals surface area contributed by atoms with Gasteiger partial charge < -0.3 is 9.64 Å². The fourth-order valence-corrected chi connectivity index (χ4v) is 3.26. The number of ether oxygens (including phenoxy) is 1. The van der Waals surface area contributed by atoms with E-state index in [0.29, 0.717) is 42.3 Å². The Bertz CT molecular complexity index is 811. The molecule has 0 radical (unpaired) electrons. The maximum Gasteiger partial charge on any atom is 0.253 e. The lowest BCUT2D eigenvalue weighted by molar-refractivity contribution is 0.0672. The molecule has 2 aromatic rings. The Morgan fingerprint density at radius 2 is 1.72 bits per heavy atom. The molecule has 0 N–H and O–H groups in total. The summed E-state index contributed by atoms with van der Waals surface area (Å²) in [7, 11) is 1.63. The molecule has 1 aliphatic rings. The first-order valence-electron chi connectivity index (χ1n) is 8.59. The molecular weight excluding hydrogens is 314 g/mol. The van der Waals surface area contributed by atoms with Crippen LogP contribution >= 0.6 is 0 Å². The molecule has 0 saturated carbocycles. The van der Waals surface area contributed by atoms with Crippen LogP contribution in [0, 0.1) is 5.92 Å². The zero-order valence-electron chi connectivity index (χ0n) is 14.9. The third kappa shape index (κ3) is 3.35. The van der Waals surface area contributed by atoms with Crippen molar-refractivity contribution in [2.45, 2.75) is 13.8 Å². The van der Waals surface area contributed by atoms with Gasteiger partial charge in [-0.15, -0.1) is 0 Å². The van der Waals surface area contributed by atoms with E-state index in [0.717, 1.165) is 11.1 Å². The van der Waals surface area contributed by atoms with Crippen molar-refractivity contribution in [2.24, 2.45) is 5.92 Å². The molecule has 0 heterocycles. The Morgan fingerprint density at radius 1 is 1.04 bits per heavy atom. The van der Waals surface area contributed by atoms with E-state index >= 15 is 0 Å². The first-order valence-corrected chi connectivity index (χ1v) is 8.59. The minimum atomic E-state index is -0.0580. The molecule has 4 heteroatoms. The van der Waals surface area contributed by atoms with Crippen LogP contribution in [0.15, 0.2) is 42.5 Å². The molecule has 0 unspecified atom stereocenters. The van der Waals surface area contributed by atoms with E-state index in [1.165, 1.54) is 0 Å². The number of methoxy groups -OCH3 is 1. The van der Waals surface area contributed by atoms with Crippen LogP contribution in [0.5, 0.6) is 0 Å². The van der Waals surface area contributed by atoms with Gasteiger partial charge in [0.05, 0.1) is 6.61 Å². The van der Waals surface area contributed by atoms with Gasteiger partial charge in [0.15, 0.2) is 5.78 Å². The molecule has 0 bridgehead atoms. The molecule has 1 amide bonds. The molecule has 4 nitrogen and oxygen atoms in total. The lowest BCUT2D eigenvalue weighted by atomic mass is 10.0. The smallest absolute Gasteiger partial charge is 0.253 e. The van der Waals surface area contributed by atoms with Crippen LogP contribution in [0.4, 0.5) is 0 Å². The number of amides is 1. The SMILES string of the molecule is COCCN(CC(C)C)C(=O)c1ccc2c(c1)C(=O)c1ccccc1-2. The van der Waals surface area contributed by atoms with E-state index in [1.807, 2.05) is 36.4 Å². The minimum absolute atomic E-state index is 0.00690. The summed E-state index contributed by atoms with van der Waals surface area (Å²) in [6.45, 7) is 5.85. The summed E-state index contributed by atoms with van der Waals surface area (Å²) < 4.78 is 5.13. The van der Waals surface area contributed by atoms with Gasteiger partial charge in [0.25, 0.3) is 5.91 Å². The van der Waals surface area contributed by atoms with E-state index < -0.39 is 0 Å². The summed E-state index contributed by atoms with van der Waals surface area (Å²) in [6.07, 6.45) is 0. The Labute approximate surface area is 148 Å². The standard InChI is InChI=1S/C21H23NO3/c1-14(2)13-22(10-11-25-3)21(24)15-8-9-17-16-6-4-5-7-18(16)20(23)19(17)12-15/h4-9,12,14H,10-11,13H2,1-3H3. The molecule has 0 atom stereocenters. The third-order valence-corrected chi connectivity index (χ3v) is 4.41. The van der Waals surface area contributed by atoms with Crippen molar-refractivity contribution in [3.63, 3.8) is 0 Å². The third-order valence-electron chi connectivity index (χ3n) is 4.41. The molecule has 0 aromatic heterocycles. The molecular formula is C21H23NO3. The van der Waals surface area contributed by atoms with Gasteiger partial charge >= 0.3 is 0 Å². The second kappa shape index (κ2) is 7.19. The predicted octanol–water partition coefficient (Wildman–Crippen LogP) is 3.64. The fraction of sp³-hybridized carbons (Fsp3) is 0.333. The van der Waals surface area contributed by atoms with Gasteiger partial charge in [-0.2, -0.15) is 0 Å². The number of carbonyl (C=O) groups is 2. The predicted molar refractivity (Wildman–Crippen MR) is 97.9 cm³/mol. The maximum atomic E-state index is 12.9. The highest BCUT2D eigenvalue weighted by Gasteiger charge is 2.28. The number of rotatable bonds is 6. The second-order valence-electron chi connectivity index (χ2n) is 6.77. The Kier molecular flexibility index (Phi) is 5.00. The number of carbonyl (C=O) groups excluding carboxylic acids is 2. The summed E-state index contributed by atoms with van der Waals surface area (Å²) in [5, 5.41) is 0. The average molecular weight is 337 g/mol. The van der Waals surface area contributed by atoms with E-state index in [2.05, 4.69) is 13.8 Å². The van der Waals surface area contributed by atoms with Crippen LogP contribution < -0.4 is 0 Å².